The normalized spacial score (nSPS) is 11.2. The Bertz CT molecular complexity index is 1360. The van der Waals surface area contributed by atoms with Crippen molar-refractivity contribution in [3.8, 4) is 11.3 Å². The fraction of sp³-hybridized carbons (Fsp3) is 0.231. The molecule has 0 radical (unpaired) electrons. The summed E-state index contributed by atoms with van der Waals surface area (Å²) in [6, 6.07) is 17.8. The molecule has 0 fully saturated rings. The van der Waals surface area contributed by atoms with Crippen LogP contribution in [0, 0.1) is 6.92 Å². The quantitative estimate of drug-likeness (QED) is 0.118. The lowest BCUT2D eigenvalue weighted by Gasteiger charge is -2.05. The molecule has 4 rings (SSSR count). The van der Waals surface area contributed by atoms with Crippen molar-refractivity contribution in [1.29, 1.82) is 0 Å². The lowest BCUT2D eigenvalue weighted by atomic mass is 10.1. The lowest BCUT2D eigenvalue weighted by molar-refractivity contribution is -0.512. The molecular weight excluding hydrogens is 468 g/mol. The highest BCUT2D eigenvalue weighted by atomic mass is 32.2. The molecule has 0 aliphatic heterocycles. The Hall–Kier alpha value is -2.94. The number of nitrogens with zero attached hydrogens (tertiary/aromatic N) is 2. The summed E-state index contributed by atoms with van der Waals surface area (Å²) in [5, 5.41) is 0. The summed E-state index contributed by atoms with van der Waals surface area (Å²) in [5.41, 5.74) is 5.03. The molecule has 0 N–H and O–H groups in total. The second kappa shape index (κ2) is 11.5. The minimum atomic E-state index is -4.27. The first-order valence-corrected chi connectivity index (χ1v) is 13.3. The molecule has 0 amide bonds. The SMILES string of the molecule is CCCCSc1ccc2n(C)c(-c3ccc(C=O)cc3)c[n+]2c1.Cc1ccc(S(=O)(=O)[O-])cc1. The molecule has 0 aliphatic rings. The first-order chi connectivity index (χ1) is 16.2. The van der Waals surface area contributed by atoms with Crippen molar-refractivity contribution in [2.24, 2.45) is 7.05 Å². The third-order valence-electron chi connectivity index (χ3n) is 5.31. The standard InChI is InChI=1S/C19H21N2OS.C7H8O3S/c1-3-4-11-23-17-9-10-19-20(2)18(13-21(19)12-17)16-7-5-15(14-22)6-8-16;1-6-2-4-7(5-3-6)11(8,9)10/h5-10,12-14H,3-4,11H2,1-2H3;2-5H,1H3,(H,8,9,10)/q+1;/p-1. The molecule has 2 heterocycles. The van der Waals surface area contributed by atoms with Crippen LogP contribution in [-0.4, -0.2) is 29.6 Å². The minimum Gasteiger partial charge on any atom is -0.744 e. The molecule has 2 aromatic carbocycles. The Kier molecular flexibility index (Phi) is 8.66. The number of aromatic nitrogens is 2. The van der Waals surface area contributed by atoms with Crippen LogP contribution < -0.4 is 4.40 Å². The van der Waals surface area contributed by atoms with Crippen LogP contribution in [0.15, 0.2) is 82.8 Å². The van der Waals surface area contributed by atoms with E-state index in [1.807, 2.05) is 43.0 Å². The third kappa shape index (κ3) is 6.56. The number of aldehydes is 1. The summed E-state index contributed by atoms with van der Waals surface area (Å²) in [7, 11) is -2.20. The smallest absolute Gasteiger partial charge is 0.286 e. The highest BCUT2D eigenvalue weighted by Gasteiger charge is 2.16. The number of unbranched alkanes of at least 4 members (excludes halogenated alkanes) is 1. The number of hydrogen-bond acceptors (Lipinski definition) is 5. The number of carbonyl (C=O) groups is 1. The summed E-state index contributed by atoms with van der Waals surface area (Å²) in [6.07, 6.45) is 7.69. The Balaban J connectivity index is 0.000000248. The summed E-state index contributed by atoms with van der Waals surface area (Å²) in [6.45, 7) is 4.04. The van der Waals surface area contributed by atoms with Gasteiger partial charge in [-0.05, 0) is 49.4 Å². The van der Waals surface area contributed by atoms with E-state index in [0.717, 1.165) is 34.5 Å². The number of thioether (sulfide) groups is 1. The third-order valence-corrected chi connectivity index (χ3v) is 7.23. The molecule has 4 aromatic rings. The van der Waals surface area contributed by atoms with Crippen LogP contribution in [0.2, 0.25) is 0 Å². The van der Waals surface area contributed by atoms with Crippen molar-refractivity contribution in [3.63, 3.8) is 0 Å². The molecule has 2 aromatic heterocycles. The van der Waals surface area contributed by atoms with Gasteiger partial charge in [0.2, 0.25) is 0 Å². The van der Waals surface area contributed by atoms with Gasteiger partial charge in [0, 0.05) is 22.1 Å². The number of hydrogen-bond donors (Lipinski definition) is 0. The van der Waals surface area contributed by atoms with Gasteiger partial charge in [-0.3, -0.25) is 4.79 Å². The van der Waals surface area contributed by atoms with Crippen LogP contribution in [0.25, 0.3) is 16.9 Å². The average Bonchev–Trinajstić information content (AvgIpc) is 3.15. The van der Waals surface area contributed by atoms with Gasteiger partial charge < -0.3 is 4.55 Å². The molecule has 0 saturated heterocycles. The maximum absolute atomic E-state index is 10.8. The zero-order chi connectivity index (χ0) is 24.7. The van der Waals surface area contributed by atoms with Crippen molar-refractivity contribution in [3.05, 3.63) is 84.2 Å². The van der Waals surface area contributed by atoms with Crippen LogP contribution in [0.5, 0.6) is 0 Å². The van der Waals surface area contributed by atoms with Gasteiger partial charge in [0.15, 0.2) is 5.69 Å². The van der Waals surface area contributed by atoms with Crippen molar-refractivity contribution in [2.75, 3.05) is 5.75 Å². The fourth-order valence-corrected chi connectivity index (χ4v) is 4.83. The molecule has 6 nitrogen and oxygen atoms in total. The number of fused-ring (bicyclic) bond motifs is 1. The van der Waals surface area contributed by atoms with E-state index in [2.05, 4.69) is 47.5 Å². The van der Waals surface area contributed by atoms with E-state index in [-0.39, 0.29) is 4.90 Å². The Morgan fingerprint density at radius 1 is 1.00 bits per heavy atom. The van der Waals surface area contributed by atoms with Crippen molar-refractivity contribution >= 4 is 33.8 Å². The predicted octanol–water partition coefficient (Wildman–Crippen LogP) is 5.03. The Morgan fingerprint density at radius 2 is 1.68 bits per heavy atom. The highest BCUT2D eigenvalue weighted by molar-refractivity contribution is 7.99. The van der Waals surface area contributed by atoms with Crippen molar-refractivity contribution in [2.45, 2.75) is 36.5 Å². The van der Waals surface area contributed by atoms with Crippen LogP contribution in [0.3, 0.4) is 0 Å². The number of pyridine rings is 1. The van der Waals surface area contributed by atoms with Crippen LogP contribution in [-0.2, 0) is 17.2 Å². The van der Waals surface area contributed by atoms with E-state index in [0.29, 0.717) is 5.56 Å². The maximum atomic E-state index is 10.8. The molecule has 0 spiro atoms. The van der Waals surface area contributed by atoms with E-state index in [4.69, 9.17) is 0 Å². The largest absolute Gasteiger partial charge is 0.744 e. The van der Waals surface area contributed by atoms with Crippen molar-refractivity contribution in [1.82, 2.24) is 4.57 Å². The maximum Gasteiger partial charge on any atom is 0.286 e. The van der Waals surface area contributed by atoms with Crippen LogP contribution in [0.1, 0.15) is 35.7 Å². The molecule has 34 heavy (non-hydrogen) atoms. The molecule has 0 bridgehead atoms. The Labute approximate surface area is 205 Å². The number of rotatable bonds is 7. The number of aryl methyl sites for hydroxylation is 2. The van der Waals surface area contributed by atoms with Gasteiger partial charge in [-0.15, -0.1) is 11.8 Å². The van der Waals surface area contributed by atoms with E-state index >= 15 is 0 Å². The lowest BCUT2D eigenvalue weighted by Crippen LogP contribution is -2.18. The minimum absolute atomic E-state index is 0.178. The molecule has 0 unspecified atom stereocenters. The van der Waals surface area contributed by atoms with Gasteiger partial charge in [-0.25, -0.2) is 17.4 Å². The summed E-state index contributed by atoms with van der Waals surface area (Å²) >= 11 is 1.91. The van der Waals surface area contributed by atoms with E-state index in [1.54, 1.807) is 12.1 Å². The number of benzene rings is 2. The van der Waals surface area contributed by atoms with Crippen LogP contribution >= 0.6 is 11.8 Å². The van der Waals surface area contributed by atoms with Gasteiger partial charge >= 0.3 is 0 Å². The molecule has 0 atom stereocenters. The van der Waals surface area contributed by atoms with Crippen LogP contribution in [0.4, 0.5) is 0 Å². The van der Waals surface area contributed by atoms with E-state index in [1.165, 1.54) is 29.9 Å². The zero-order valence-corrected chi connectivity index (χ0v) is 21.1. The van der Waals surface area contributed by atoms with Gasteiger partial charge in [0.25, 0.3) is 5.65 Å². The molecule has 0 saturated carbocycles. The molecule has 0 aliphatic carbocycles. The first-order valence-electron chi connectivity index (χ1n) is 10.9. The van der Waals surface area contributed by atoms with Crippen molar-refractivity contribution < 1.29 is 22.2 Å². The van der Waals surface area contributed by atoms with Gasteiger partial charge in [0.1, 0.15) is 28.8 Å². The molecule has 178 valence electrons. The van der Waals surface area contributed by atoms with Gasteiger partial charge in [0.05, 0.1) is 11.9 Å². The fourth-order valence-electron chi connectivity index (χ4n) is 3.34. The predicted molar refractivity (Wildman–Crippen MR) is 134 cm³/mol. The summed E-state index contributed by atoms with van der Waals surface area (Å²) in [5.74, 6) is 1.16. The average molecular weight is 497 g/mol. The monoisotopic (exact) mass is 496 g/mol. The number of carbonyl (C=O) groups excluding carboxylic acids is 1. The van der Waals surface area contributed by atoms with Gasteiger partial charge in [-0.2, -0.15) is 0 Å². The number of imidazole rings is 1. The van der Waals surface area contributed by atoms with E-state index < -0.39 is 10.1 Å². The first kappa shape index (κ1) is 25.7. The summed E-state index contributed by atoms with van der Waals surface area (Å²) in [4.78, 5) is 11.9. The highest BCUT2D eigenvalue weighted by Crippen LogP contribution is 2.22. The summed E-state index contributed by atoms with van der Waals surface area (Å²) < 4.78 is 35.5. The second-order valence-electron chi connectivity index (χ2n) is 7.91. The topological polar surface area (TPSA) is 83.3 Å². The Morgan fingerprint density at radius 3 is 2.26 bits per heavy atom. The zero-order valence-electron chi connectivity index (χ0n) is 19.5. The molecule has 8 heteroatoms. The second-order valence-corrected chi connectivity index (χ2v) is 10.5. The van der Waals surface area contributed by atoms with E-state index in [9.17, 15) is 17.8 Å². The molecular formula is C26H28N2O4S2. The van der Waals surface area contributed by atoms with Gasteiger partial charge in [-0.1, -0.05) is 43.2 Å².